The Morgan fingerprint density at radius 1 is 0.879 bits per heavy atom. The summed E-state index contributed by atoms with van der Waals surface area (Å²) in [7, 11) is -4.53. The second-order valence-corrected chi connectivity index (χ2v) is 16.1. The Kier molecular flexibility index (Phi) is 13.2. The van der Waals surface area contributed by atoms with Gasteiger partial charge in [-0.1, -0.05) is 48.0 Å². The Balaban J connectivity index is 1.03. The van der Waals surface area contributed by atoms with E-state index in [4.69, 9.17) is 21.1 Å². The number of aromatic nitrogens is 1. The summed E-state index contributed by atoms with van der Waals surface area (Å²) in [4.78, 5) is 35.5. The molecule has 302 valence electrons. The molecule has 0 radical (unpaired) electrons. The molecule has 0 bridgehead atoms. The number of pyridine rings is 1. The zero-order chi connectivity index (χ0) is 40.5. The van der Waals surface area contributed by atoms with E-state index in [2.05, 4.69) is 41.9 Å². The average molecular weight is 826 g/mol. The van der Waals surface area contributed by atoms with E-state index < -0.39 is 31.4 Å². The number of benzene rings is 4. The molecule has 2 aliphatic heterocycles. The van der Waals surface area contributed by atoms with Crippen molar-refractivity contribution in [3.05, 3.63) is 136 Å². The van der Waals surface area contributed by atoms with Crippen molar-refractivity contribution < 1.29 is 27.6 Å². The Hall–Kier alpha value is -5.58. The topological polar surface area (TPSA) is 159 Å². The monoisotopic (exact) mass is 825 g/mol. The average Bonchev–Trinajstić information content (AvgIpc) is 3.24. The summed E-state index contributed by atoms with van der Waals surface area (Å²) in [6, 6.07) is 28.0. The minimum absolute atomic E-state index is 0.0327. The minimum Gasteiger partial charge on any atom is -0.456 e. The SMILES string of the molecule is O=C(NS(=O)(=O)c1ccc(NCCCN2CCOCC2)c([N+](=O)[O-])c1)c1ccc(N2CCN(Cc3ccccc3-c3ccc(Cl)cc3)CC2)cc1Oc1ccncc1. The fourth-order valence-electron chi connectivity index (χ4n) is 7.05. The lowest BCUT2D eigenvalue weighted by Crippen LogP contribution is -2.46. The molecule has 2 fully saturated rings. The van der Waals surface area contributed by atoms with Gasteiger partial charge in [-0.05, 0) is 78.2 Å². The van der Waals surface area contributed by atoms with Crippen molar-refractivity contribution in [2.75, 3.05) is 75.8 Å². The molecule has 0 aliphatic carbocycles. The van der Waals surface area contributed by atoms with E-state index in [0.717, 1.165) is 68.6 Å². The van der Waals surface area contributed by atoms with Gasteiger partial charge in [-0.2, -0.15) is 0 Å². The van der Waals surface area contributed by atoms with Crippen LogP contribution in [0, 0.1) is 10.1 Å². The predicted molar refractivity (Wildman–Crippen MR) is 223 cm³/mol. The summed E-state index contributed by atoms with van der Waals surface area (Å²) >= 11 is 6.14. The third kappa shape index (κ3) is 10.3. The molecule has 2 N–H and O–H groups in total. The maximum Gasteiger partial charge on any atom is 0.293 e. The predicted octanol–water partition coefficient (Wildman–Crippen LogP) is 6.68. The van der Waals surface area contributed by atoms with Crippen LogP contribution in [0.15, 0.2) is 114 Å². The lowest BCUT2D eigenvalue weighted by Gasteiger charge is -2.36. The molecule has 0 saturated carbocycles. The quantitative estimate of drug-likeness (QED) is 0.0657. The Labute approximate surface area is 342 Å². The van der Waals surface area contributed by atoms with Gasteiger partial charge in [-0.15, -0.1) is 0 Å². The highest BCUT2D eigenvalue weighted by molar-refractivity contribution is 7.90. The standard InChI is InChI=1S/C42H44ClN7O7S/c43-33-8-6-31(7-9-33)37-5-2-1-4-32(37)30-48-20-22-49(23-21-48)34-10-12-38(41(28-34)57-35-14-17-44-18-15-35)42(51)46-58(54,55)36-11-13-39(40(29-36)50(52)53)45-16-3-19-47-24-26-56-27-25-47/h1-2,4-15,17-18,28-29,45H,3,16,19-27,30H2,(H,46,51). The Morgan fingerprint density at radius 3 is 2.36 bits per heavy atom. The van der Waals surface area contributed by atoms with Gasteiger partial charge in [0.25, 0.3) is 21.6 Å². The van der Waals surface area contributed by atoms with Crippen LogP contribution >= 0.6 is 11.6 Å². The number of sulfonamides is 1. The molecule has 3 heterocycles. The lowest BCUT2D eigenvalue weighted by molar-refractivity contribution is -0.384. The summed E-state index contributed by atoms with van der Waals surface area (Å²) in [6.07, 6.45) is 3.82. The van der Waals surface area contributed by atoms with Crippen molar-refractivity contribution in [3.63, 3.8) is 0 Å². The summed E-state index contributed by atoms with van der Waals surface area (Å²) in [5, 5.41) is 15.8. The molecule has 5 aromatic rings. The number of hydrogen-bond acceptors (Lipinski definition) is 12. The van der Waals surface area contributed by atoms with Crippen LogP contribution in [0.4, 0.5) is 17.1 Å². The minimum atomic E-state index is -4.53. The smallest absolute Gasteiger partial charge is 0.293 e. The van der Waals surface area contributed by atoms with Gasteiger partial charge in [0.2, 0.25) is 0 Å². The van der Waals surface area contributed by atoms with Crippen LogP contribution in [-0.2, 0) is 21.3 Å². The van der Waals surface area contributed by atoms with Gasteiger partial charge < -0.3 is 19.7 Å². The van der Waals surface area contributed by atoms with Crippen molar-refractivity contribution in [2.45, 2.75) is 17.9 Å². The van der Waals surface area contributed by atoms with E-state index in [-0.39, 0.29) is 17.0 Å². The fourth-order valence-corrected chi connectivity index (χ4v) is 8.16. The summed E-state index contributed by atoms with van der Waals surface area (Å²) < 4.78 is 40.7. The number of carbonyl (C=O) groups is 1. The van der Waals surface area contributed by atoms with Crippen molar-refractivity contribution in [1.29, 1.82) is 0 Å². The van der Waals surface area contributed by atoms with Gasteiger partial charge in [-0.25, -0.2) is 13.1 Å². The van der Waals surface area contributed by atoms with E-state index in [1.165, 1.54) is 23.8 Å². The molecule has 0 spiro atoms. The molecule has 14 nitrogen and oxygen atoms in total. The first kappa shape index (κ1) is 40.6. The largest absolute Gasteiger partial charge is 0.456 e. The van der Waals surface area contributed by atoms with Crippen LogP contribution in [-0.4, -0.2) is 99.6 Å². The van der Waals surface area contributed by atoms with E-state index in [1.54, 1.807) is 36.7 Å². The van der Waals surface area contributed by atoms with E-state index in [9.17, 15) is 23.3 Å². The number of halogens is 1. The van der Waals surface area contributed by atoms with Crippen LogP contribution in [0.25, 0.3) is 11.1 Å². The molecule has 16 heteroatoms. The molecule has 1 aromatic heterocycles. The second-order valence-electron chi connectivity index (χ2n) is 14.0. The summed E-state index contributed by atoms with van der Waals surface area (Å²) in [5.74, 6) is -0.414. The molecular weight excluding hydrogens is 782 g/mol. The normalized spacial score (nSPS) is 15.2. The van der Waals surface area contributed by atoms with Crippen molar-refractivity contribution in [3.8, 4) is 22.6 Å². The number of carbonyl (C=O) groups excluding carboxylic acids is 1. The molecular formula is C42H44ClN7O7S. The van der Waals surface area contributed by atoms with Crippen LogP contribution in [0.3, 0.4) is 0 Å². The fraction of sp³-hybridized carbons (Fsp3) is 0.286. The number of anilines is 2. The Bertz CT molecular complexity index is 2320. The number of piperazine rings is 1. The van der Waals surface area contributed by atoms with Gasteiger partial charge in [-0.3, -0.25) is 29.7 Å². The van der Waals surface area contributed by atoms with Gasteiger partial charge >= 0.3 is 0 Å². The molecule has 7 rings (SSSR count). The second kappa shape index (κ2) is 18.8. The van der Waals surface area contributed by atoms with Crippen LogP contribution in [0.5, 0.6) is 11.5 Å². The zero-order valence-corrected chi connectivity index (χ0v) is 33.3. The van der Waals surface area contributed by atoms with Gasteiger partial charge in [0, 0.05) is 87.6 Å². The van der Waals surface area contributed by atoms with E-state index in [0.29, 0.717) is 43.6 Å². The summed E-state index contributed by atoms with van der Waals surface area (Å²) in [6.45, 7) is 8.02. The number of hydrogen-bond donors (Lipinski definition) is 2. The molecule has 4 aromatic carbocycles. The van der Waals surface area contributed by atoms with Crippen LogP contribution in [0.1, 0.15) is 22.3 Å². The molecule has 2 saturated heterocycles. The molecule has 1 amide bonds. The Morgan fingerprint density at radius 2 is 1.62 bits per heavy atom. The third-order valence-electron chi connectivity index (χ3n) is 10.2. The van der Waals surface area contributed by atoms with Crippen molar-refractivity contribution >= 4 is 44.6 Å². The number of nitrogens with one attached hydrogen (secondary N) is 2. The van der Waals surface area contributed by atoms with Crippen LogP contribution in [0.2, 0.25) is 5.02 Å². The summed E-state index contributed by atoms with van der Waals surface area (Å²) in [5.41, 5.74) is 4.02. The number of rotatable bonds is 15. The molecule has 0 atom stereocenters. The maximum absolute atomic E-state index is 13.7. The molecule has 0 unspecified atom stereocenters. The third-order valence-corrected chi connectivity index (χ3v) is 11.7. The number of amides is 1. The van der Waals surface area contributed by atoms with Gasteiger partial charge in [0.1, 0.15) is 17.2 Å². The first-order valence-corrected chi connectivity index (χ1v) is 20.9. The zero-order valence-electron chi connectivity index (χ0n) is 31.8. The number of nitro groups is 1. The van der Waals surface area contributed by atoms with Gasteiger partial charge in [0.15, 0.2) is 0 Å². The number of nitrogens with zero attached hydrogens (tertiary/aromatic N) is 5. The van der Waals surface area contributed by atoms with Crippen molar-refractivity contribution in [2.24, 2.45) is 0 Å². The molecule has 2 aliphatic rings. The number of ether oxygens (including phenoxy) is 2. The highest BCUT2D eigenvalue weighted by Gasteiger charge is 2.27. The van der Waals surface area contributed by atoms with E-state index >= 15 is 0 Å². The van der Waals surface area contributed by atoms with Gasteiger partial charge in [0.05, 0.1) is 28.6 Å². The van der Waals surface area contributed by atoms with Crippen LogP contribution < -0.4 is 19.7 Å². The first-order chi connectivity index (χ1) is 28.1. The molecule has 58 heavy (non-hydrogen) atoms. The number of nitro benzene ring substituents is 1. The van der Waals surface area contributed by atoms with E-state index in [1.807, 2.05) is 36.4 Å². The first-order valence-electron chi connectivity index (χ1n) is 19.1. The number of morpholine rings is 1. The highest BCUT2D eigenvalue weighted by atomic mass is 35.5. The lowest BCUT2D eigenvalue weighted by atomic mass is 9.99. The van der Waals surface area contributed by atoms with Crippen molar-refractivity contribution in [1.82, 2.24) is 19.5 Å². The highest BCUT2D eigenvalue weighted by Crippen LogP contribution is 2.33. The maximum atomic E-state index is 13.7.